The largest absolute Gasteiger partial charge is 0.375 e. The summed E-state index contributed by atoms with van der Waals surface area (Å²) in [6, 6.07) is 0. The van der Waals surface area contributed by atoms with Crippen LogP contribution in [0.1, 0.15) is 65.2 Å². The van der Waals surface area contributed by atoms with E-state index in [2.05, 4.69) is 36.5 Å². The Morgan fingerprint density at radius 1 is 1.21 bits per heavy atom. The van der Waals surface area contributed by atoms with Gasteiger partial charge in [0.1, 0.15) is 0 Å². The standard InChI is InChI=1S/C20H31N3S/c1-19-11-4-3-5-13(19)6-7-14-15-8-9-17(22-23-18(21)24)20(15,2)12-10-16(14)19/h3-4,13-16H,5-12H2,1-2H3,(H3,21,23,24)/b22-17-. The van der Waals surface area contributed by atoms with Gasteiger partial charge >= 0.3 is 0 Å². The molecule has 0 aromatic heterocycles. The molecule has 4 aliphatic carbocycles. The Hall–Kier alpha value is -0.900. The smallest absolute Gasteiger partial charge is 0.184 e. The summed E-state index contributed by atoms with van der Waals surface area (Å²) in [6.07, 6.45) is 15.4. The fourth-order valence-electron chi connectivity index (χ4n) is 6.93. The Morgan fingerprint density at radius 3 is 2.83 bits per heavy atom. The maximum absolute atomic E-state index is 5.59. The lowest BCUT2D eigenvalue weighted by atomic mass is 9.46. The van der Waals surface area contributed by atoms with Crippen molar-refractivity contribution < 1.29 is 0 Å². The third kappa shape index (κ3) is 2.36. The van der Waals surface area contributed by atoms with Crippen LogP contribution in [-0.4, -0.2) is 10.8 Å². The molecule has 4 heteroatoms. The van der Waals surface area contributed by atoms with Gasteiger partial charge in [-0.2, -0.15) is 5.10 Å². The van der Waals surface area contributed by atoms with Gasteiger partial charge in [0, 0.05) is 11.1 Å². The first-order valence-electron chi connectivity index (χ1n) is 9.72. The van der Waals surface area contributed by atoms with E-state index < -0.39 is 0 Å². The zero-order chi connectivity index (χ0) is 16.9. The molecule has 24 heavy (non-hydrogen) atoms. The number of hydrazone groups is 1. The van der Waals surface area contributed by atoms with Crippen LogP contribution in [0.5, 0.6) is 0 Å². The number of fused-ring (bicyclic) bond motifs is 5. The second-order valence-corrected chi connectivity index (χ2v) is 9.54. The Morgan fingerprint density at radius 2 is 2.04 bits per heavy atom. The second kappa shape index (κ2) is 5.82. The summed E-state index contributed by atoms with van der Waals surface area (Å²) in [5.74, 6) is 3.50. The van der Waals surface area contributed by atoms with Crippen molar-refractivity contribution in [2.75, 3.05) is 0 Å². The van der Waals surface area contributed by atoms with Gasteiger partial charge in [0.2, 0.25) is 0 Å². The molecule has 0 radical (unpaired) electrons. The molecular formula is C20H31N3S. The van der Waals surface area contributed by atoms with E-state index in [1.54, 1.807) is 0 Å². The predicted molar refractivity (Wildman–Crippen MR) is 104 cm³/mol. The topological polar surface area (TPSA) is 50.4 Å². The van der Waals surface area contributed by atoms with Crippen LogP contribution >= 0.6 is 12.2 Å². The predicted octanol–water partition coefficient (Wildman–Crippen LogP) is 4.38. The van der Waals surface area contributed by atoms with E-state index in [0.717, 1.165) is 30.1 Å². The van der Waals surface area contributed by atoms with Crippen molar-refractivity contribution in [2.24, 2.45) is 45.3 Å². The number of nitrogens with two attached hydrogens (primary N) is 1. The van der Waals surface area contributed by atoms with Crippen LogP contribution in [0.4, 0.5) is 0 Å². The minimum absolute atomic E-state index is 0.257. The van der Waals surface area contributed by atoms with E-state index in [4.69, 9.17) is 18.0 Å². The van der Waals surface area contributed by atoms with Crippen molar-refractivity contribution in [3.63, 3.8) is 0 Å². The molecule has 3 saturated carbocycles. The maximum Gasteiger partial charge on any atom is 0.184 e. The number of thiocarbonyl (C=S) groups is 1. The van der Waals surface area contributed by atoms with Crippen LogP contribution < -0.4 is 11.2 Å². The zero-order valence-electron chi connectivity index (χ0n) is 15.1. The Balaban J connectivity index is 1.60. The normalized spacial score (nSPS) is 48.5. The van der Waals surface area contributed by atoms with Crippen LogP contribution in [0.15, 0.2) is 17.3 Å². The van der Waals surface area contributed by atoms with Crippen LogP contribution in [0.3, 0.4) is 0 Å². The molecule has 4 rings (SSSR count). The minimum atomic E-state index is 0.257. The first kappa shape index (κ1) is 16.6. The monoisotopic (exact) mass is 345 g/mol. The van der Waals surface area contributed by atoms with Gasteiger partial charge in [-0.25, -0.2) is 0 Å². The summed E-state index contributed by atoms with van der Waals surface area (Å²) in [5.41, 5.74) is 10.6. The summed E-state index contributed by atoms with van der Waals surface area (Å²) < 4.78 is 0. The van der Waals surface area contributed by atoms with Crippen LogP contribution in [-0.2, 0) is 0 Å². The summed E-state index contributed by atoms with van der Waals surface area (Å²) in [5, 5.41) is 4.89. The molecule has 0 aliphatic heterocycles. The summed E-state index contributed by atoms with van der Waals surface area (Å²) in [4.78, 5) is 0. The van der Waals surface area contributed by atoms with Crippen LogP contribution in [0.2, 0.25) is 0 Å². The molecule has 0 amide bonds. The number of nitrogens with one attached hydrogen (secondary N) is 1. The number of hydrogen-bond acceptors (Lipinski definition) is 2. The van der Waals surface area contributed by atoms with E-state index in [0.29, 0.717) is 5.41 Å². The van der Waals surface area contributed by atoms with Crippen molar-refractivity contribution in [1.82, 2.24) is 5.43 Å². The van der Waals surface area contributed by atoms with Crippen molar-refractivity contribution >= 4 is 23.0 Å². The number of rotatable bonds is 1. The average Bonchev–Trinajstić information content (AvgIpc) is 2.89. The van der Waals surface area contributed by atoms with Crippen LogP contribution in [0, 0.1) is 34.5 Å². The molecule has 0 heterocycles. The SMILES string of the molecule is CC12CCC3C(CCC4CC=CCC43C)C1CC/C2=N/NC(N)=S. The third-order valence-corrected chi connectivity index (χ3v) is 8.34. The van der Waals surface area contributed by atoms with E-state index in [-0.39, 0.29) is 10.5 Å². The van der Waals surface area contributed by atoms with Gasteiger partial charge < -0.3 is 5.73 Å². The first-order valence-corrected chi connectivity index (χ1v) is 10.1. The lowest BCUT2D eigenvalue weighted by molar-refractivity contribution is -0.0761. The van der Waals surface area contributed by atoms with Gasteiger partial charge in [0.05, 0.1) is 0 Å². The van der Waals surface area contributed by atoms with Gasteiger partial charge in [0.25, 0.3) is 0 Å². The summed E-state index contributed by atoms with van der Waals surface area (Å²) in [6.45, 7) is 5.05. The highest BCUT2D eigenvalue weighted by Crippen LogP contribution is 2.64. The maximum atomic E-state index is 5.59. The van der Waals surface area contributed by atoms with Crippen molar-refractivity contribution in [1.29, 1.82) is 0 Å². The highest BCUT2D eigenvalue weighted by molar-refractivity contribution is 7.80. The average molecular weight is 346 g/mol. The van der Waals surface area contributed by atoms with Crippen molar-refractivity contribution in [3.8, 4) is 0 Å². The highest BCUT2D eigenvalue weighted by Gasteiger charge is 2.58. The third-order valence-electron chi connectivity index (χ3n) is 8.25. The summed E-state index contributed by atoms with van der Waals surface area (Å²) >= 11 is 4.94. The fraction of sp³-hybridized carbons (Fsp3) is 0.800. The first-order chi connectivity index (χ1) is 11.4. The Labute approximate surface area is 151 Å². The molecule has 3 nitrogen and oxygen atoms in total. The number of allylic oxidation sites excluding steroid dienone is 2. The highest BCUT2D eigenvalue weighted by atomic mass is 32.1. The van der Waals surface area contributed by atoms with Crippen molar-refractivity contribution in [3.05, 3.63) is 12.2 Å². The minimum Gasteiger partial charge on any atom is -0.375 e. The molecule has 0 aromatic rings. The number of nitrogens with zero attached hydrogens (tertiary/aromatic N) is 1. The molecule has 0 aromatic carbocycles. The Bertz CT molecular complexity index is 598. The number of hydrogen-bond donors (Lipinski definition) is 2. The molecule has 0 bridgehead atoms. The van der Waals surface area contributed by atoms with Crippen molar-refractivity contribution in [2.45, 2.75) is 65.2 Å². The van der Waals surface area contributed by atoms with E-state index >= 15 is 0 Å². The van der Waals surface area contributed by atoms with E-state index in [1.165, 1.54) is 50.7 Å². The van der Waals surface area contributed by atoms with Gasteiger partial charge in [-0.3, -0.25) is 5.43 Å². The fourth-order valence-corrected chi connectivity index (χ4v) is 6.98. The van der Waals surface area contributed by atoms with E-state index in [1.807, 2.05) is 0 Å². The molecule has 4 aliphatic rings. The zero-order valence-corrected chi connectivity index (χ0v) is 15.9. The molecular weight excluding hydrogens is 314 g/mol. The summed E-state index contributed by atoms with van der Waals surface area (Å²) in [7, 11) is 0. The molecule has 3 fully saturated rings. The lowest BCUT2D eigenvalue weighted by Crippen LogP contribution is -2.52. The molecule has 0 saturated heterocycles. The molecule has 6 atom stereocenters. The Kier molecular flexibility index (Phi) is 4.02. The van der Waals surface area contributed by atoms with E-state index in [9.17, 15) is 0 Å². The van der Waals surface area contributed by atoms with Crippen LogP contribution in [0.25, 0.3) is 0 Å². The quantitative estimate of drug-likeness (QED) is 0.421. The van der Waals surface area contributed by atoms with Gasteiger partial charge in [-0.1, -0.05) is 26.0 Å². The molecule has 0 spiro atoms. The van der Waals surface area contributed by atoms with Gasteiger partial charge in [-0.15, -0.1) is 0 Å². The van der Waals surface area contributed by atoms with Gasteiger partial charge in [0.15, 0.2) is 5.11 Å². The van der Waals surface area contributed by atoms with Gasteiger partial charge in [-0.05, 0) is 92.7 Å². The second-order valence-electron chi connectivity index (χ2n) is 9.10. The molecule has 132 valence electrons. The molecule has 3 N–H and O–H groups in total. The lowest BCUT2D eigenvalue weighted by Gasteiger charge is -2.59. The molecule has 6 unspecified atom stereocenters.